The molecule has 3 rings (SSSR count). The summed E-state index contributed by atoms with van der Waals surface area (Å²) in [6, 6.07) is 0. The summed E-state index contributed by atoms with van der Waals surface area (Å²) in [7, 11) is 0. The summed E-state index contributed by atoms with van der Waals surface area (Å²) in [4.78, 5) is 0. The fourth-order valence-electron chi connectivity index (χ4n) is 3.53. The molecule has 2 bridgehead atoms. The Labute approximate surface area is 71.9 Å². The van der Waals surface area contributed by atoms with E-state index >= 15 is 0 Å². The third-order valence-corrected chi connectivity index (χ3v) is 4.08. The molecule has 0 heterocycles. The summed E-state index contributed by atoms with van der Waals surface area (Å²) in [6.07, 6.45) is 5.73. The summed E-state index contributed by atoms with van der Waals surface area (Å²) in [5.74, 6) is 1.96. The zero-order valence-corrected chi connectivity index (χ0v) is 6.93. The minimum Gasteiger partial charge on any atom is -0.390 e. The van der Waals surface area contributed by atoms with Gasteiger partial charge >= 0.3 is 0 Å². The van der Waals surface area contributed by atoms with Gasteiger partial charge in [0.1, 0.15) is 0 Å². The van der Waals surface area contributed by atoms with Gasteiger partial charge in [0.15, 0.2) is 0 Å². The molecule has 3 aliphatic rings. The maximum atomic E-state index is 9.66. The lowest BCUT2D eigenvalue weighted by atomic mass is 9.78. The van der Waals surface area contributed by atoms with Crippen LogP contribution in [0.1, 0.15) is 12.8 Å². The molecule has 0 aromatic heterocycles. The summed E-state index contributed by atoms with van der Waals surface area (Å²) in [6.45, 7) is 0. The molecule has 0 aliphatic heterocycles. The van der Waals surface area contributed by atoms with Crippen molar-refractivity contribution >= 4 is 0 Å². The van der Waals surface area contributed by atoms with Crippen molar-refractivity contribution in [2.75, 3.05) is 0 Å². The smallest absolute Gasteiger partial charge is 0.0835 e. The molecule has 12 heavy (non-hydrogen) atoms. The Morgan fingerprint density at radius 2 is 1.75 bits per heavy atom. The highest BCUT2D eigenvalue weighted by Gasteiger charge is 2.56. The van der Waals surface area contributed by atoms with Gasteiger partial charge < -0.3 is 10.2 Å². The standard InChI is InChI=1S/C10H14O2/c11-9-7-4-8(10(9)12)6-3-1-2-5(6)7/h1-2,5-12H,3-4H2/t5?,6?,7-,8+,9-,10+/m0/s1. The Morgan fingerprint density at radius 3 is 2.58 bits per heavy atom. The van der Waals surface area contributed by atoms with E-state index in [9.17, 15) is 10.2 Å². The van der Waals surface area contributed by atoms with Gasteiger partial charge in [-0.25, -0.2) is 0 Å². The van der Waals surface area contributed by atoms with Crippen LogP contribution in [0, 0.1) is 23.7 Å². The summed E-state index contributed by atoms with van der Waals surface area (Å²) < 4.78 is 0. The fraction of sp³-hybridized carbons (Fsp3) is 0.800. The van der Waals surface area contributed by atoms with Gasteiger partial charge in [-0.05, 0) is 36.5 Å². The van der Waals surface area contributed by atoms with E-state index in [1.165, 1.54) is 0 Å². The lowest BCUT2D eigenvalue weighted by Gasteiger charge is -2.32. The van der Waals surface area contributed by atoms with Crippen molar-refractivity contribution in [3.8, 4) is 0 Å². The Kier molecular flexibility index (Phi) is 1.25. The van der Waals surface area contributed by atoms with E-state index in [1.807, 2.05) is 0 Å². The number of aliphatic hydroxyl groups excluding tert-OH is 2. The van der Waals surface area contributed by atoms with Gasteiger partial charge in [0, 0.05) is 0 Å². The highest BCUT2D eigenvalue weighted by Crippen LogP contribution is 2.56. The minimum atomic E-state index is -0.445. The van der Waals surface area contributed by atoms with Crippen LogP contribution in [0.15, 0.2) is 12.2 Å². The van der Waals surface area contributed by atoms with E-state index in [-0.39, 0.29) is 0 Å². The Morgan fingerprint density at radius 1 is 1.00 bits per heavy atom. The van der Waals surface area contributed by atoms with Crippen LogP contribution in [0.25, 0.3) is 0 Å². The molecule has 2 unspecified atom stereocenters. The first-order chi connectivity index (χ1) is 5.79. The second-order valence-electron chi connectivity index (χ2n) is 4.45. The third-order valence-electron chi connectivity index (χ3n) is 4.08. The van der Waals surface area contributed by atoms with E-state index in [1.54, 1.807) is 0 Å². The zero-order valence-electron chi connectivity index (χ0n) is 6.93. The van der Waals surface area contributed by atoms with Gasteiger partial charge in [0.25, 0.3) is 0 Å². The van der Waals surface area contributed by atoms with Crippen LogP contribution in [-0.4, -0.2) is 22.4 Å². The van der Waals surface area contributed by atoms with Gasteiger partial charge in [0.05, 0.1) is 12.2 Å². The molecule has 66 valence electrons. The first kappa shape index (κ1) is 7.10. The van der Waals surface area contributed by atoms with Crippen molar-refractivity contribution in [1.29, 1.82) is 0 Å². The lowest BCUT2D eigenvalue weighted by Crippen LogP contribution is -2.39. The molecule has 2 fully saturated rings. The summed E-state index contributed by atoms with van der Waals surface area (Å²) in [5, 5.41) is 19.3. The number of aliphatic hydroxyl groups is 2. The van der Waals surface area contributed by atoms with Crippen LogP contribution in [-0.2, 0) is 0 Å². The predicted molar refractivity (Wildman–Crippen MR) is 44.3 cm³/mol. The van der Waals surface area contributed by atoms with Crippen LogP contribution in [0.2, 0.25) is 0 Å². The van der Waals surface area contributed by atoms with Crippen molar-refractivity contribution < 1.29 is 10.2 Å². The molecule has 6 atom stereocenters. The summed E-state index contributed by atoms with van der Waals surface area (Å²) in [5.41, 5.74) is 0. The average molecular weight is 166 g/mol. The third kappa shape index (κ3) is 0.639. The lowest BCUT2D eigenvalue weighted by molar-refractivity contribution is -0.0447. The predicted octanol–water partition coefficient (Wildman–Crippen LogP) is 0.550. The number of rotatable bonds is 0. The molecule has 2 N–H and O–H groups in total. The Balaban J connectivity index is 1.95. The number of hydrogen-bond donors (Lipinski definition) is 2. The van der Waals surface area contributed by atoms with E-state index in [2.05, 4.69) is 12.2 Å². The molecular weight excluding hydrogens is 152 g/mol. The van der Waals surface area contributed by atoms with Crippen LogP contribution in [0.4, 0.5) is 0 Å². The maximum Gasteiger partial charge on any atom is 0.0835 e. The molecule has 3 aliphatic carbocycles. The first-order valence-corrected chi connectivity index (χ1v) is 4.82. The van der Waals surface area contributed by atoms with Crippen LogP contribution in [0.5, 0.6) is 0 Å². The van der Waals surface area contributed by atoms with Crippen LogP contribution in [0.3, 0.4) is 0 Å². The van der Waals surface area contributed by atoms with Gasteiger partial charge in [0.2, 0.25) is 0 Å². The fourth-order valence-corrected chi connectivity index (χ4v) is 3.53. The van der Waals surface area contributed by atoms with Crippen molar-refractivity contribution in [2.24, 2.45) is 23.7 Å². The molecule has 2 heteroatoms. The summed E-state index contributed by atoms with van der Waals surface area (Å²) >= 11 is 0. The molecule has 2 nitrogen and oxygen atoms in total. The second kappa shape index (κ2) is 2.12. The second-order valence-corrected chi connectivity index (χ2v) is 4.45. The zero-order chi connectivity index (χ0) is 8.29. The molecule has 0 aromatic carbocycles. The van der Waals surface area contributed by atoms with Crippen LogP contribution < -0.4 is 0 Å². The van der Waals surface area contributed by atoms with Crippen molar-refractivity contribution in [3.63, 3.8) is 0 Å². The van der Waals surface area contributed by atoms with Crippen molar-refractivity contribution in [1.82, 2.24) is 0 Å². The molecule has 2 saturated carbocycles. The minimum absolute atomic E-state index is 0.355. The molecular formula is C10H14O2. The number of fused-ring (bicyclic) bond motifs is 5. The average Bonchev–Trinajstić information content (AvgIpc) is 2.63. The van der Waals surface area contributed by atoms with Gasteiger partial charge in [-0.1, -0.05) is 12.2 Å². The Bertz CT molecular complexity index is 236. The highest BCUT2D eigenvalue weighted by molar-refractivity contribution is 5.16. The highest BCUT2D eigenvalue weighted by atomic mass is 16.3. The normalized spacial score (nSPS) is 61.2. The van der Waals surface area contributed by atoms with E-state index in [0.29, 0.717) is 23.7 Å². The van der Waals surface area contributed by atoms with Gasteiger partial charge in [-0.2, -0.15) is 0 Å². The Hall–Kier alpha value is -0.340. The van der Waals surface area contributed by atoms with E-state index in [4.69, 9.17) is 0 Å². The van der Waals surface area contributed by atoms with Crippen molar-refractivity contribution in [3.05, 3.63) is 12.2 Å². The van der Waals surface area contributed by atoms with Crippen LogP contribution >= 0.6 is 0 Å². The molecule has 0 saturated heterocycles. The molecule has 0 radical (unpaired) electrons. The quantitative estimate of drug-likeness (QED) is 0.516. The van der Waals surface area contributed by atoms with E-state index in [0.717, 1.165) is 12.8 Å². The molecule has 0 spiro atoms. The largest absolute Gasteiger partial charge is 0.390 e. The number of allylic oxidation sites excluding steroid dienone is 2. The first-order valence-electron chi connectivity index (χ1n) is 4.82. The monoisotopic (exact) mass is 166 g/mol. The topological polar surface area (TPSA) is 40.5 Å². The van der Waals surface area contributed by atoms with E-state index < -0.39 is 12.2 Å². The van der Waals surface area contributed by atoms with Gasteiger partial charge in [-0.15, -0.1) is 0 Å². The van der Waals surface area contributed by atoms with Crippen molar-refractivity contribution in [2.45, 2.75) is 25.0 Å². The van der Waals surface area contributed by atoms with Gasteiger partial charge in [-0.3, -0.25) is 0 Å². The maximum absolute atomic E-state index is 9.66. The molecule has 0 amide bonds. The molecule has 0 aromatic rings. The SMILES string of the molecule is O[C@@H]1[C@H](O)[C@@H]2C[C@H]1C1C=CCC12. The number of hydrogen-bond acceptors (Lipinski definition) is 2.